The molecule has 8 heteroatoms. The summed E-state index contributed by atoms with van der Waals surface area (Å²) in [6, 6.07) is 0. The van der Waals surface area contributed by atoms with Crippen LogP contribution in [-0.4, -0.2) is 56.2 Å². The van der Waals surface area contributed by atoms with Gasteiger partial charge in [0.15, 0.2) is 5.65 Å². The van der Waals surface area contributed by atoms with Crippen LogP contribution in [0.3, 0.4) is 0 Å². The van der Waals surface area contributed by atoms with Crippen molar-refractivity contribution >= 4 is 11.6 Å². The van der Waals surface area contributed by atoms with E-state index >= 15 is 0 Å². The Kier molecular flexibility index (Phi) is 3.00. The summed E-state index contributed by atoms with van der Waals surface area (Å²) in [5.74, 6) is -0.0834. The van der Waals surface area contributed by atoms with E-state index in [0.29, 0.717) is 18.7 Å². The highest BCUT2D eigenvalue weighted by Crippen LogP contribution is 1.97. The van der Waals surface area contributed by atoms with Crippen molar-refractivity contribution in [1.29, 1.82) is 0 Å². The molecule has 3 heterocycles. The Balaban J connectivity index is 1.83. The lowest BCUT2D eigenvalue weighted by Crippen LogP contribution is -2.48. The van der Waals surface area contributed by atoms with E-state index in [0.717, 1.165) is 13.1 Å². The number of aromatic nitrogens is 4. The van der Waals surface area contributed by atoms with Crippen molar-refractivity contribution in [2.24, 2.45) is 0 Å². The molecule has 100 valence electrons. The van der Waals surface area contributed by atoms with E-state index in [1.807, 2.05) is 0 Å². The fourth-order valence-corrected chi connectivity index (χ4v) is 2.13. The van der Waals surface area contributed by atoms with E-state index in [9.17, 15) is 9.59 Å². The van der Waals surface area contributed by atoms with Gasteiger partial charge in [-0.15, -0.1) is 5.10 Å². The van der Waals surface area contributed by atoms with Crippen LogP contribution in [0, 0.1) is 0 Å². The molecule has 0 aliphatic carbocycles. The normalized spacial score (nSPS) is 15.9. The second-order valence-corrected chi connectivity index (χ2v) is 4.38. The molecular weight excluding hydrogens is 248 g/mol. The minimum Gasteiger partial charge on any atom is -0.339 e. The molecule has 0 bridgehead atoms. The third-order valence-electron chi connectivity index (χ3n) is 3.14. The first-order valence-corrected chi connectivity index (χ1v) is 6.13. The number of nitrogens with one attached hydrogen (secondary N) is 1. The largest absolute Gasteiger partial charge is 0.350 e. The van der Waals surface area contributed by atoms with E-state index in [4.69, 9.17) is 0 Å². The standard InChI is InChI=1S/C11H14N6O2/c18-10(15-4-1-12-2-5-15)8-17-11(19)16-6-3-13-7-9(16)14-17/h3,6-7,12H,1-2,4-5,8H2. The van der Waals surface area contributed by atoms with E-state index < -0.39 is 0 Å². The van der Waals surface area contributed by atoms with Gasteiger partial charge in [0.05, 0.1) is 6.20 Å². The summed E-state index contributed by atoms with van der Waals surface area (Å²) in [7, 11) is 0. The predicted octanol–water partition coefficient (Wildman–Crippen LogP) is -1.68. The second-order valence-electron chi connectivity index (χ2n) is 4.38. The lowest BCUT2D eigenvalue weighted by molar-refractivity contribution is -0.132. The van der Waals surface area contributed by atoms with Crippen molar-refractivity contribution in [3.63, 3.8) is 0 Å². The zero-order valence-electron chi connectivity index (χ0n) is 10.3. The van der Waals surface area contributed by atoms with Crippen LogP contribution >= 0.6 is 0 Å². The molecule has 0 aromatic carbocycles. The first kappa shape index (κ1) is 11.8. The lowest BCUT2D eigenvalue weighted by Gasteiger charge is -2.27. The minimum absolute atomic E-state index is 0.0273. The van der Waals surface area contributed by atoms with Crippen molar-refractivity contribution in [3.8, 4) is 0 Å². The summed E-state index contributed by atoms with van der Waals surface area (Å²) in [5.41, 5.74) is 0.126. The van der Waals surface area contributed by atoms with E-state index in [2.05, 4.69) is 15.4 Å². The van der Waals surface area contributed by atoms with Gasteiger partial charge in [-0.1, -0.05) is 0 Å². The van der Waals surface area contributed by atoms with Crippen molar-refractivity contribution in [1.82, 2.24) is 29.4 Å². The van der Waals surface area contributed by atoms with Gasteiger partial charge in [-0.3, -0.25) is 9.78 Å². The van der Waals surface area contributed by atoms with Crippen molar-refractivity contribution < 1.29 is 4.79 Å². The Hall–Kier alpha value is -2.22. The van der Waals surface area contributed by atoms with Gasteiger partial charge >= 0.3 is 5.69 Å². The maximum Gasteiger partial charge on any atom is 0.350 e. The zero-order valence-corrected chi connectivity index (χ0v) is 10.3. The SMILES string of the molecule is O=C(Cn1nc2cnccn2c1=O)N1CCNCC1. The number of amides is 1. The molecule has 0 saturated carbocycles. The third kappa shape index (κ3) is 2.22. The molecule has 1 aliphatic heterocycles. The monoisotopic (exact) mass is 262 g/mol. The van der Waals surface area contributed by atoms with Crippen LogP contribution in [-0.2, 0) is 11.3 Å². The summed E-state index contributed by atoms with van der Waals surface area (Å²) in [4.78, 5) is 29.7. The minimum atomic E-state index is -0.319. The summed E-state index contributed by atoms with van der Waals surface area (Å²) >= 11 is 0. The van der Waals surface area contributed by atoms with Crippen LogP contribution in [0.1, 0.15) is 0 Å². The highest BCUT2D eigenvalue weighted by Gasteiger charge is 2.18. The first-order chi connectivity index (χ1) is 9.25. The summed E-state index contributed by atoms with van der Waals surface area (Å²) in [5, 5.41) is 7.26. The van der Waals surface area contributed by atoms with Crippen LogP contribution in [0.25, 0.3) is 5.65 Å². The molecule has 1 N–H and O–H groups in total. The lowest BCUT2D eigenvalue weighted by atomic mass is 10.3. The number of carbonyl (C=O) groups is 1. The van der Waals surface area contributed by atoms with E-state index in [1.54, 1.807) is 4.90 Å². The molecule has 19 heavy (non-hydrogen) atoms. The van der Waals surface area contributed by atoms with Gasteiger partial charge in [-0.25, -0.2) is 13.9 Å². The van der Waals surface area contributed by atoms with Crippen LogP contribution in [0.15, 0.2) is 23.4 Å². The van der Waals surface area contributed by atoms with Gasteiger partial charge in [-0.05, 0) is 0 Å². The van der Waals surface area contributed by atoms with Crippen molar-refractivity contribution in [2.75, 3.05) is 26.2 Å². The number of rotatable bonds is 2. The third-order valence-corrected chi connectivity index (χ3v) is 3.14. The molecule has 1 aliphatic rings. The average molecular weight is 262 g/mol. The molecule has 1 saturated heterocycles. The molecular formula is C11H14N6O2. The molecule has 2 aromatic heterocycles. The maximum absolute atomic E-state index is 12.1. The smallest absolute Gasteiger partial charge is 0.339 e. The van der Waals surface area contributed by atoms with Crippen molar-refractivity contribution in [2.45, 2.75) is 6.54 Å². The molecule has 2 aromatic rings. The van der Waals surface area contributed by atoms with Crippen LogP contribution in [0.4, 0.5) is 0 Å². The van der Waals surface area contributed by atoms with Crippen LogP contribution in [0.5, 0.6) is 0 Å². The Bertz CT molecular complexity index is 654. The number of hydrogen-bond acceptors (Lipinski definition) is 5. The quantitative estimate of drug-likeness (QED) is 0.699. The molecule has 0 spiro atoms. The number of carbonyl (C=O) groups excluding carboxylic acids is 1. The molecule has 1 fully saturated rings. The summed E-state index contributed by atoms with van der Waals surface area (Å²) in [6.45, 7) is 2.89. The zero-order chi connectivity index (χ0) is 13.2. The first-order valence-electron chi connectivity index (χ1n) is 6.13. The fourth-order valence-electron chi connectivity index (χ4n) is 2.13. The van der Waals surface area contributed by atoms with Crippen molar-refractivity contribution in [3.05, 3.63) is 29.1 Å². The van der Waals surface area contributed by atoms with E-state index in [-0.39, 0.29) is 18.1 Å². The average Bonchev–Trinajstić information content (AvgIpc) is 2.77. The van der Waals surface area contributed by atoms with Crippen LogP contribution in [0.2, 0.25) is 0 Å². The van der Waals surface area contributed by atoms with E-state index in [1.165, 1.54) is 27.7 Å². The fraction of sp³-hybridized carbons (Fsp3) is 0.455. The predicted molar refractivity (Wildman–Crippen MR) is 66.7 cm³/mol. The molecule has 0 atom stereocenters. The highest BCUT2D eigenvalue weighted by molar-refractivity contribution is 5.76. The maximum atomic E-state index is 12.1. The van der Waals surface area contributed by atoms with Gasteiger partial charge in [0.1, 0.15) is 6.54 Å². The summed E-state index contributed by atoms with van der Waals surface area (Å²) in [6.07, 6.45) is 4.54. The Morgan fingerprint density at radius 2 is 2.16 bits per heavy atom. The number of piperazine rings is 1. The number of fused-ring (bicyclic) bond motifs is 1. The number of nitrogens with zero attached hydrogens (tertiary/aromatic N) is 5. The number of hydrogen-bond donors (Lipinski definition) is 1. The highest BCUT2D eigenvalue weighted by atomic mass is 16.2. The molecule has 0 radical (unpaired) electrons. The van der Waals surface area contributed by atoms with Gasteiger partial charge in [0, 0.05) is 38.6 Å². The Morgan fingerprint density at radius 1 is 1.37 bits per heavy atom. The molecule has 1 amide bonds. The molecule has 8 nitrogen and oxygen atoms in total. The molecule has 3 rings (SSSR count). The van der Waals surface area contributed by atoms with Gasteiger partial charge in [0.2, 0.25) is 5.91 Å². The topological polar surface area (TPSA) is 84.5 Å². The molecule has 0 unspecified atom stereocenters. The van der Waals surface area contributed by atoms with Gasteiger partial charge in [-0.2, -0.15) is 0 Å². The van der Waals surface area contributed by atoms with Gasteiger partial charge in [0.25, 0.3) is 0 Å². The van der Waals surface area contributed by atoms with Gasteiger partial charge < -0.3 is 10.2 Å². The summed E-state index contributed by atoms with van der Waals surface area (Å²) < 4.78 is 2.55. The van der Waals surface area contributed by atoms with Crippen LogP contribution < -0.4 is 11.0 Å². The Labute approximate surface area is 108 Å². The second kappa shape index (κ2) is 4.81. The Morgan fingerprint density at radius 3 is 2.89 bits per heavy atom.